The van der Waals surface area contributed by atoms with Gasteiger partial charge in [-0.2, -0.15) is 0 Å². The number of carbonyl (C=O) groups excluding carboxylic acids is 3. The van der Waals surface area contributed by atoms with Crippen LogP contribution in [0.25, 0.3) is 0 Å². The van der Waals surface area contributed by atoms with Gasteiger partial charge in [0.2, 0.25) is 11.8 Å². The molecule has 1 rings (SSSR count). The zero-order chi connectivity index (χ0) is 20.4. The van der Waals surface area contributed by atoms with Gasteiger partial charge in [-0.15, -0.1) is 0 Å². The van der Waals surface area contributed by atoms with Crippen molar-refractivity contribution >= 4 is 23.9 Å². The fourth-order valence-electron chi connectivity index (χ4n) is 2.04. The van der Waals surface area contributed by atoms with Gasteiger partial charge < -0.3 is 25.8 Å². The fourth-order valence-corrected chi connectivity index (χ4v) is 2.04. The molecule has 9 nitrogen and oxygen atoms in total. The summed E-state index contributed by atoms with van der Waals surface area (Å²) in [5, 5.41) is 15.5. The summed E-state index contributed by atoms with van der Waals surface area (Å²) in [6, 6.07) is 8.07. The van der Waals surface area contributed by atoms with Crippen LogP contribution in [0, 0.1) is 0 Å². The molecule has 0 aliphatic carbocycles. The Morgan fingerprint density at radius 3 is 2.22 bits per heavy atom. The fraction of sp³-hybridized carbons (Fsp3) is 0.444. The standard InChI is InChI=1S/C18H25N3O6/c1-18(2,3)27-17(26)21-13(9-12-7-5-4-6-8-12)16(25)20-10-14(22)19-11-15(23)24/h4-8,13H,9-11H2,1-3H3,(H,19,22)(H,20,25)(H,21,26)(H,23,24)/t13-/m1/s1. The Hall–Kier alpha value is -3.10. The van der Waals surface area contributed by atoms with Gasteiger partial charge in [0, 0.05) is 6.42 Å². The number of nitrogens with one attached hydrogen (secondary N) is 3. The quantitative estimate of drug-likeness (QED) is 0.518. The molecule has 0 fully saturated rings. The lowest BCUT2D eigenvalue weighted by atomic mass is 10.1. The second kappa shape index (κ2) is 10.1. The Bertz CT molecular complexity index is 669. The van der Waals surface area contributed by atoms with Gasteiger partial charge >= 0.3 is 12.1 Å². The van der Waals surface area contributed by atoms with E-state index < -0.39 is 48.6 Å². The van der Waals surface area contributed by atoms with Crippen LogP contribution in [0.4, 0.5) is 4.79 Å². The first-order chi connectivity index (χ1) is 12.6. The summed E-state index contributed by atoms with van der Waals surface area (Å²) in [6.07, 6.45) is -0.559. The first-order valence-electron chi connectivity index (χ1n) is 8.36. The Labute approximate surface area is 157 Å². The number of amides is 3. The molecule has 0 aromatic heterocycles. The predicted octanol–water partition coefficient (Wildman–Crippen LogP) is 0.439. The van der Waals surface area contributed by atoms with Crippen LogP contribution in [0.2, 0.25) is 0 Å². The molecule has 148 valence electrons. The SMILES string of the molecule is CC(C)(C)OC(=O)N[C@H](Cc1ccccc1)C(=O)NCC(=O)NCC(=O)O. The van der Waals surface area contributed by atoms with Crippen LogP contribution in [0.3, 0.4) is 0 Å². The average molecular weight is 379 g/mol. The van der Waals surface area contributed by atoms with E-state index in [1.54, 1.807) is 45.0 Å². The first-order valence-corrected chi connectivity index (χ1v) is 8.36. The number of rotatable bonds is 8. The maximum absolute atomic E-state index is 12.4. The minimum atomic E-state index is -1.19. The molecule has 1 aromatic rings. The van der Waals surface area contributed by atoms with E-state index >= 15 is 0 Å². The molecule has 4 N–H and O–H groups in total. The van der Waals surface area contributed by atoms with E-state index in [1.165, 1.54) is 0 Å². The molecule has 0 bridgehead atoms. The highest BCUT2D eigenvalue weighted by molar-refractivity contribution is 5.90. The third kappa shape index (κ3) is 9.83. The molecule has 1 aromatic carbocycles. The summed E-state index contributed by atoms with van der Waals surface area (Å²) in [5.41, 5.74) is 0.0817. The van der Waals surface area contributed by atoms with Crippen molar-refractivity contribution in [1.29, 1.82) is 0 Å². The second-order valence-corrected chi connectivity index (χ2v) is 6.78. The summed E-state index contributed by atoms with van der Waals surface area (Å²) in [5.74, 6) is -2.43. The van der Waals surface area contributed by atoms with Gasteiger partial charge in [0.25, 0.3) is 0 Å². The smallest absolute Gasteiger partial charge is 0.408 e. The number of benzene rings is 1. The zero-order valence-electron chi connectivity index (χ0n) is 15.6. The summed E-state index contributed by atoms with van der Waals surface area (Å²) in [4.78, 5) is 46.4. The van der Waals surface area contributed by atoms with E-state index in [-0.39, 0.29) is 6.42 Å². The Morgan fingerprint density at radius 2 is 1.67 bits per heavy atom. The van der Waals surface area contributed by atoms with Crippen molar-refractivity contribution in [3.05, 3.63) is 35.9 Å². The Kier molecular flexibility index (Phi) is 8.25. The lowest BCUT2D eigenvalue weighted by molar-refractivity contribution is -0.137. The topological polar surface area (TPSA) is 134 Å². The van der Waals surface area contributed by atoms with Crippen LogP contribution >= 0.6 is 0 Å². The number of hydrogen-bond donors (Lipinski definition) is 4. The lowest BCUT2D eigenvalue weighted by Crippen LogP contribution is -2.51. The number of aliphatic carboxylic acids is 1. The molecule has 0 spiro atoms. The average Bonchev–Trinajstić information content (AvgIpc) is 2.56. The van der Waals surface area contributed by atoms with Crippen LogP contribution in [0.15, 0.2) is 30.3 Å². The molecule has 0 heterocycles. The highest BCUT2D eigenvalue weighted by Gasteiger charge is 2.25. The Morgan fingerprint density at radius 1 is 1.04 bits per heavy atom. The molecule has 0 unspecified atom stereocenters. The minimum absolute atomic E-state index is 0.197. The number of carboxylic acids is 1. The van der Waals surface area contributed by atoms with E-state index in [4.69, 9.17) is 9.84 Å². The molecule has 0 saturated heterocycles. The van der Waals surface area contributed by atoms with E-state index in [2.05, 4.69) is 16.0 Å². The van der Waals surface area contributed by atoms with Crippen molar-refractivity contribution in [2.75, 3.05) is 13.1 Å². The van der Waals surface area contributed by atoms with Crippen molar-refractivity contribution in [2.24, 2.45) is 0 Å². The molecule has 9 heteroatoms. The number of carboxylic acid groups (broad SMARTS) is 1. The van der Waals surface area contributed by atoms with Crippen molar-refractivity contribution in [2.45, 2.75) is 38.8 Å². The number of carbonyl (C=O) groups is 4. The highest BCUT2D eigenvalue weighted by atomic mass is 16.6. The zero-order valence-corrected chi connectivity index (χ0v) is 15.6. The number of hydrogen-bond acceptors (Lipinski definition) is 5. The van der Waals surface area contributed by atoms with E-state index in [9.17, 15) is 19.2 Å². The molecule has 3 amide bonds. The molecule has 0 aliphatic rings. The molecule has 0 aliphatic heterocycles. The monoisotopic (exact) mass is 379 g/mol. The van der Waals surface area contributed by atoms with Gasteiger partial charge in [-0.1, -0.05) is 30.3 Å². The van der Waals surface area contributed by atoms with Gasteiger partial charge in [-0.25, -0.2) is 4.79 Å². The van der Waals surface area contributed by atoms with Gasteiger partial charge in [0.15, 0.2) is 0 Å². The summed E-state index contributed by atoms with van der Waals surface area (Å²) in [7, 11) is 0. The van der Waals surface area contributed by atoms with Crippen molar-refractivity contribution in [3.8, 4) is 0 Å². The molecular weight excluding hydrogens is 354 g/mol. The Balaban J connectivity index is 2.71. The minimum Gasteiger partial charge on any atom is -0.480 e. The van der Waals surface area contributed by atoms with Gasteiger partial charge in [-0.3, -0.25) is 14.4 Å². The largest absolute Gasteiger partial charge is 0.480 e. The molecule has 0 radical (unpaired) electrons. The summed E-state index contributed by atoms with van der Waals surface area (Å²) < 4.78 is 5.17. The predicted molar refractivity (Wildman–Crippen MR) is 97.0 cm³/mol. The third-order valence-electron chi connectivity index (χ3n) is 3.15. The van der Waals surface area contributed by atoms with Crippen LogP contribution in [0.5, 0.6) is 0 Å². The number of alkyl carbamates (subject to hydrolysis) is 1. The van der Waals surface area contributed by atoms with Gasteiger partial charge in [0.05, 0.1) is 6.54 Å². The van der Waals surface area contributed by atoms with Crippen LogP contribution in [-0.2, 0) is 25.5 Å². The third-order valence-corrected chi connectivity index (χ3v) is 3.15. The van der Waals surface area contributed by atoms with Crippen LogP contribution < -0.4 is 16.0 Å². The number of ether oxygens (including phenoxy) is 1. The van der Waals surface area contributed by atoms with Crippen molar-refractivity contribution in [3.63, 3.8) is 0 Å². The lowest BCUT2D eigenvalue weighted by Gasteiger charge is -2.23. The van der Waals surface area contributed by atoms with Crippen molar-refractivity contribution < 1.29 is 29.0 Å². The van der Waals surface area contributed by atoms with E-state index in [0.29, 0.717) is 0 Å². The van der Waals surface area contributed by atoms with Crippen LogP contribution in [0.1, 0.15) is 26.3 Å². The van der Waals surface area contributed by atoms with Gasteiger partial charge in [0.1, 0.15) is 18.2 Å². The normalized spacial score (nSPS) is 11.8. The second-order valence-electron chi connectivity index (χ2n) is 6.78. The first kappa shape index (κ1) is 21.9. The maximum Gasteiger partial charge on any atom is 0.408 e. The van der Waals surface area contributed by atoms with E-state index in [0.717, 1.165) is 5.56 Å². The van der Waals surface area contributed by atoms with Crippen LogP contribution in [-0.4, -0.2) is 53.7 Å². The summed E-state index contributed by atoms with van der Waals surface area (Å²) in [6.45, 7) is 4.15. The van der Waals surface area contributed by atoms with Gasteiger partial charge in [-0.05, 0) is 26.3 Å². The molecule has 0 saturated carbocycles. The van der Waals surface area contributed by atoms with Crippen molar-refractivity contribution in [1.82, 2.24) is 16.0 Å². The summed E-state index contributed by atoms with van der Waals surface area (Å²) >= 11 is 0. The molecule has 27 heavy (non-hydrogen) atoms. The molecular formula is C18H25N3O6. The highest BCUT2D eigenvalue weighted by Crippen LogP contribution is 2.08. The molecule has 1 atom stereocenters. The van der Waals surface area contributed by atoms with E-state index in [1.807, 2.05) is 6.07 Å². The maximum atomic E-state index is 12.4.